The summed E-state index contributed by atoms with van der Waals surface area (Å²) < 4.78 is 6.85. The van der Waals surface area contributed by atoms with Crippen molar-refractivity contribution in [1.29, 1.82) is 0 Å². The van der Waals surface area contributed by atoms with Gasteiger partial charge in [-0.1, -0.05) is 54.9 Å². The average molecular weight is 309 g/mol. The Hall–Kier alpha value is -2.69. The molecule has 23 heavy (non-hydrogen) atoms. The Morgan fingerprint density at radius 2 is 2.00 bits per heavy atom. The van der Waals surface area contributed by atoms with Gasteiger partial charge in [0.1, 0.15) is 0 Å². The second-order valence-corrected chi connectivity index (χ2v) is 5.48. The van der Waals surface area contributed by atoms with Gasteiger partial charge in [-0.25, -0.2) is 4.68 Å². The third kappa shape index (κ3) is 3.08. The zero-order chi connectivity index (χ0) is 16.2. The van der Waals surface area contributed by atoms with Gasteiger partial charge in [0.2, 0.25) is 0 Å². The van der Waals surface area contributed by atoms with Crippen LogP contribution in [-0.4, -0.2) is 14.9 Å². The summed E-state index contributed by atoms with van der Waals surface area (Å²) in [6.45, 7) is 4.56. The molecule has 118 valence electrons. The van der Waals surface area contributed by atoms with Crippen LogP contribution >= 0.6 is 0 Å². The summed E-state index contributed by atoms with van der Waals surface area (Å²) in [4.78, 5) is 12.4. The van der Waals surface area contributed by atoms with Gasteiger partial charge in [-0.2, -0.15) is 5.10 Å². The lowest BCUT2D eigenvalue weighted by Gasteiger charge is -2.04. The van der Waals surface area contributed by atoms with E-state index in [2.05, 4.69) is 17.2 Å². The van der Waals surface area contributed by atoms with Crippen molar-refractivity contribution < 1.29 is 4.52 Å². The average Bonchev–Trinajstić information content (AvgIpc) is 3.01. The van der Waals surface area contributed by atoms with Crippen molar-refractivity contribution >= 4 is 23.1 Å². The molecule has 3 rings (SSSR count). The van der Waals surface area contributed by atoms with Gasteiger partial charge in [0, 0.05) is 6.54 Å². The lowest BCUT2D eigenvalue weighted by Crippen LogP contribution is -2.24. The van der Waals surface area contributed by atoms with Crippen molar-refractivity contribution in [2.75, 3.05) is 0 Å². The van der Waals surface area contributed by atoms with E-state index < -0.39 is 0 Å². The van der Waals surface area contributed by atoms with E-state index >= 15 is 0 Å². The maximum Gasteiger partial charge on any atom is 0.296 e. The fraction of sp³-hybridized carbons (Fsp3) is 0.278. The highest BCUT2D eigenvalue weighted by atomic mass is 16.5. The van der Waals surface area contributed by atoms with Crippen molar-refractivity contribution in [3.8, 4) is 0 Å². The monoisotopic (exact) mass is 309 g/mol. The third-order valence-corrected chi connectivity index (χ3v) is 3.74. The summed E-state index contributed by atoms with van der Waals surface area (Å²) in [6, 6.07) is 9.90. The Balaban J connectivity index is 2.02. The smallest absolute Gasteiger partial charge is 0.296 e. The molecule has 2 heterocycles. The summed E-state index contributed by atoms with van der Waals surface area (Å²) in [5.74, 6) is 0.564. The van der Waals surface area contributed by atoms with Gasteiger partial charge in [0.15, 0.2) is 11.3 Å². The molecule has 0 N–H and O–H groups in total. The first-order chi connectivity index (χ1) is 11.2. The van der Waals surface area contributed by atoms with Crippen LogP contribution in [0.5, 0.6) is 0 Å². The second kappa shape index (κ2) is 6.60. The van der Waals surface area contributed by atoms with Crippen LogP contribution in [0.2, 0.25) is 0 Å². The van der Waals surface area contributed by atoms with E-state index in [4.69, 9.17) is 4.52 Å². The molecule has 0 fully saturated rings. The molecule has 0 aliphatic carbocycles. The molecular formula is C18H19N3O2. The van der Waals surface area contributed by atoms with Crippen LogP contribution in [0.4, 0.5) is 0 Å². The molecule has 5 heteroatoms. The molecule has 0 aliphatic rings. The highest BCUT2D eigenvalue weighted by molar-refractivity contribution is 5.89. The van der Waals surface area contributed by atoms with Crippen molar-refractivity contribution in [2.45, 2.75) is 33.2 Å². The minimum atomic E-state index is -0.192. The summed E-state index contributed by atoms with van der Waals surface area (Å²) in [6.07, 6.45) is 5.68. The van der Waals surface area contributed by atoms with Crippen molar-refractivity contribution in [1.82, 2.24) is 14.9 Å². The fourth-order valence-corrected chi connectivity index (χ4v) is 2.51. The molecule has 0 spiro atoms. The highest BCUT2D eigenvalue weighted by Gasteiger charge is 2.15. The van der Waals surface area contributed by atoms with Gasteiger partial charge >= 0.3 is 0 Å². The maximum absolute atomic E-state index is 12.4. The Morgan fingerprint density at radius 3 is 2.74 bits per heavy atom. The zero-order valence-electron chi connectivity index (χ0n) is 13.3. The first kappa shape index (κ1) is 15.2. The van der Waals surface area contributed by atoms with Crippen LogP contribution in [0, 0.1) is 6.92 Å². The molecule has 0 aliphatic heterocycles. The van der Waals surface area contributed by atoms with Crippen LogP contribution in [0.15, 0.2) is 39.6 Å². The van der Waals surface area contributed by atoms with E-state index in [1.807, 2.05) is 49.4 Å². The van der Waals surface area contributed by atoms with E-state index in [9.17, 15) is 4.79 Å². The molecule has 0 amide bonds. The molecule has 2 aromatic heterocycles. The zero-order valence-corrected chi connectivity index (χ0v) is 13.3. The van der Waals surface area contributed by atoms with E-state index in [0.29, 0.717) is 23.2 Å². The Kier molecular flexibility index (Phi) is 4.37. The molecule has 5 nitrogen and oxygen atoms in total. The molecule has 0 unspecified atom stereocenters. The summed E-state index contributed by atoms with van der Waals surface area (Å²) in [7, 11) is 0. The van der Waals surface area contributed by atoms with Crippen molar-refractivity contribution in [2.24, 2.45) is 0 Å². The fourth-order valence-electron chi connectivity index (χ4n) is 2.51. The molecule has 0 saturated carbocycles. The summed E-state index contributed by atoms with van der Waals surface area (Å²) in [5.41, 5.74) is 1.96. The number of nitrogens with zero attached hydrogens (tertiary/aromatic N) is 3. The number of rotatable bonds is 5. The predicted molar refractivity (Wildman–Crippen MR) is 91.1 cm³/mol. The molecule has 0 saturated heterocycles. The van der Waals surface area contributed by atoms with Gasteiger partial charge in [0.05, 0.1) is 11.1 Å². The first-order valence-corrected chi connectivity index (χ1v) is 7.81. The number of unbranched alkanes of at least 4 members (excludes halogenated alkanes) is 1. The number of aryl methyl sites for hydroxylation is 2. The van der Waals surface area contributed by atoms with Gasteiger partial charge in [-0.15, -0.1) is 0 Å². The molecule has 0 bridgehead atoms. The quantitative estimate of drug-likeness (QED) is 0.721. The summed E-state index contributed by atoms with van der Waals surface area (Å²) in [5, 5.41) is 9.05. The van der Waals surface area contributed by atoms with Crippen LogP contribution in [0.3, 0.4) is 0 Å². The summed E-state index contributed by atoms with van der Waals surface area (Å²) >= 11 is 0. The maximum atomic E-state index is 12.4. The minimum absolute atomic E-state index is 0.192. The van der Waals surface area contributed by atoms with E-state index in [0.717, 1.165) is 24.1 Å². The minimum Gasteiger partial charge on any atom is -0.355 e. The van der Waals surface area contributed by atoms with Gasteiger partial charge in [-0.05, 0) is 25.0 Å². The number of benzene rings is 1. The van der Waals surface area contributed by atoms with Gasteiger partial charge in [-0.3, -0.25) is 4.79 Å². The van der Waals surface area contributed by atoms with Crippen LogP contribution in [-0.2, 0) is 6.54 Å². The largest absolute Gasteiger partial charge is 0.355 e. The molecule has 0 atom stereocenters. The van der Waals surface area contributed by atoms with E-state index in [1.54, 1.807) is 0 Å². The first-order valence-electron chi connectivity index (χ1n) is 7.81. The van der Waals surface area contributed by atoms with E-state index in [1.165, 1.54) is 4.68 Å². The number of hydrogen-bond acceptors (Lipinski definition) is 4. The molecule has 1 aromatic carbocycles. The third-order valence-electron chi connectivity index (χ3n) is 3.74. The van der Waals surface area contributed by atoms with Gasteiger partial charge in [0.25, 0.3) is 5.56 Å². The molecule has 0 radical (unpaired) electrons. The van der Waals surface area contributed by atoms with Crippen LogP contribution in [0.1, 0.15) is 36.8 Å². The van der Waals surface area contributed by atoms with Crippen LogP contribution < -0.4 is 5.56 Å². The normalized spacial score (nSPS) is 11.6. The highest BCUT2D eigenvalue weighted by Crippen LogP contribution is 2.20. The van der Waals surface area contributed by atoms with Crippen molar-refractivity contribution in [3.05, 3.63) is 57.7 Å². The lowest BCUT2D eigenvalue weighted by atomic mass is 10.1. The lowest BCUT2D eigenvalue weighted by molar-refractivity contribution is 0.420. The topological polar surface area (TPSA) is 60.9 Å². The van der Waals surface area contributed by atoms with E-state index in [-0.39, 0.29) is 5.56 Å². The second-order valence-electron chi connectivity index (χ2n) is 5.48. The predicted octanol–water partition coefficient (Wildman–Crippen LogP) is 3.66. The molecular weight excluding hydrogens is 290 g/mol. The number of hydrogen-bond donors (Lipinski definition) is 0. The van der Waals surface area contributed by atoms with Gasteiger partial charge < -0.3 is 4.52 Å². The Morgan fingerprint density at radius 1 is 1.22 bits per heavy atom. The Labute approximate surface area is 134 Å². The SMILES string of the molecule is CCCCn1nc(C)c2c(/C=C/c3ccccc3)onc2c1=O. The van der Waals surface area contributed by atoms with Crippen molar-refractivity contribution in [3.63, 3.8) is 0 Å². The Bertz CT molecular complexity index is 892. The number of aromatic nitrogens is 3. The number of fused-ring (bicyclic) bond motifs is 1. The standard InChI is InChI=1S/C18H19N3O2/c1-3-4-12-21-18(22)17-16(13(2)19-21)15(23-20-17)11-10-14-8-6-5-7-9-14/h5-11H,3-4,12H2,1-2H3/b11-10+. The van der Waals surface area contributed by atoms with Crippen LogP contribution in [0.25, 0.3) is 23.1 Å². The molecule has 3 aromatic rings.